The van der Waals surface area contributed by atoms with Crippen LogP contribution in [0, 0.1) is 0 Å². The number of anilines is 1. The first kappa shape index (κ1) is 9.89. The molecule has 4 nitrogen and oxygen atoms in total. The zero-order chi connectivity index (χ0) is 9.84. The van der Waals surface area contributed by atoms with Crippen LogP contribution in [0.25, 0.3) is 0 Å². The average Bonchev–Trinajstić information content (AvgIpc) is 2.03. The summed E-state index contributed by atoms with van der Waals surface area (Å²) in [7, 11) is 0. The molecule has 0 aliphatic rings. The van der Waals surface area contributed by atoms with Gasteiger partial charge in [0.05, 0.1) is 6.20 Å². The molecule has 0 atom stereocenters. The number of rotatable bonds is 3. The summed E-state index contributed by atoms with van der Waals surface area (Å²) in [4.78, 5) is 4.33. The van der Waals surface area contributed by atoms with Crippen LogP contribution in [0.5, 0.6) is 0 Å². The number of nitrogens with zero attached hydrogens (tertiary/aromatic N) is 3. The van der Waals surface area contributed by atoms with Gasteiger partial charge in [0.25, 0.3) is 0 Å². The van der Waals surface area contributed by atoms with Gasteiger partial charge in [-0.2, -0.15) is 5.10 Å². The molecule has 0 aromatic carbocycles. The molecule has 0 saturated carbocycles. The van der Waals surface area contributed by atoms with Crippen molar-refractivity contribution in [2.45, 2.75) is 39.7 Å². The fourth-order valence-electron chi connectivity index (χ4n) is 0.927. The minimum absolute atomic E-state index is 0.321. The predicted octanol–water partition coefficient (Wildman–Crippen LogP) is 1.82. The first-order chi connectivity index (χ1) is 6.09. The normalized spacial score (nSPS) is 10.9. The van der Waals surface area contributed by atoms with Crippen LogP contribution < -0.4 is 5.32 Å². The highest BCUT2D eigenvalue weighted by Crippen LogP contribution is 2.09. The van der Waals surface area contributed by atoms with Gasteiger partial charge in [0.2, 0.25) is 0 Å². The highest BCUT2D eigenvalue weighted by atomic mass is 15.2. The van der Waals surface area contributed by atoms with Crippen molar-refractivity contribution >= 4 is 5.82 Å². The topological polar surface area (TPSA) is 50.7 Å². The third-order valence-corrected chi connectivity index (χ3v) is 1.53. The van der Waals surface area contributed by atoms with Crippen LogP contribution in [0.3, 0.4) is 0 Å². The second-order valence-electron chi connectivity index (χ2n) is 3.65. The fraction of sp³-hybridized carbons (Fsp3) is 0.667. The zero-order valence-corrected chi connectivity index (χ0v) is 8.57. The Bertz CT molecular complexity index is 270. The lowest BCUT2D eigenvalue weighted by molar-refractivity contribution is 0.732. The Labute approximate surface area is 78.8 Å². The highest BCUT2D eigenvalue weighted by Gasteiger charge is 2.04. The number of hydrogen-bond donors (Lipinski definition) is 1. The number of nitrogens with one attached hydrogen (secondary N) is 1. The second-order valence-corrected chi connectivity index (χ2v) is 3.65. The van der Waals surface area contributed by atoms with E-state index in [4.69, 9.17) is 0 Å². The Morgan fingerprint density at radius 3 is 2.46 bits per heavy atom. The van der Waals surface area contributed by atoms with E-state index in [1.807, 2.05) is 0 Å². The van der Waals surface area contributed by atoms with Crippen LogP contribution in [-0.2, 0) is 0 Å². The molecule has 72 valence electrons. The minimum atomic E-state index is 0.321. The summed E-state index contributed by atoms with van der Waals surface area (Å²) < 4.78 is 0. The summed E-state index contributed by atoms with van der Waals surface area (Å²) in [5, 5.41) is 11.0. The van der Waals surface area contributed by atoms with Gasteiger partial charge in [-0.05, 0) is 13.8 Å². The molecule has 1 N–H and O–H groups in total. The van der Waals surface area contributed by atoms with E-state index in [1.54, 1.807) is 6.20 Å². The van der Waals surface area contributed by atoms with Gasteiger partial charge in [-0.1, -0.05) is 13.8 Å². The van der Waals surface area contributed by atoms with E-state index in [-0.39, 0.29) is 0 Å². The van der Waals surface area contributed by atoms with Crippen molar-refractivity contribution in [3.05, 3.63) is 12.0 Å². The summed E-state index contributed by atoms with van der Waals surface area (Å²) in [6.45, 7) is 8.24. The molecule has 1 aromatic heterocycles. The van der Waals surface area contributed by atoms with Gasteiger partial charge < -0.3 is 5.32 Å². The first-order valence-corrected chi connectivity index (χ1v) is 4.55. The Morgan fingerprint density at radius 2 is 1.92 bits per heavy atom. The van der Waals surface area contributed by atoms with Gasteiger partial charge in [0.1, 0.15) is 5.82 Å². The van der Waals surface area contributed by atoms with Gasteiger partial charge in [-0.15, -0.1) is 5.10 Å². The van der Waals surface area contributed by atoms with Crippen LogP contribution in [-0.4, -0.2) is 21.2 Å². The second kappa shape index (κ2) is 4.16. The Balaban J connectivity index is 2.79. The Kier molecular flexibility index (Phi) is 3.17. The average molecular weight is 180 g/mol. The molecule has 0 saturated heterocycles. The molecule has 0 unspecified atom stereocenters. The van der Waals surface area contributed by atoms with E-state index in [0.717, 1.165) is 11.6 Å². The van der Waals surface area contributed by atoms with Gasteiger partial charge in [-0.25, -0.2) is 4.98 Å². The van der Waals surface area contributed by atoms with Gasteiger partial charge >= 0.3 is 0 Å². The summed E-state index contributed by atoms with van der Waals surface area (Å²) in [6.07, 6.45) is 1.64. The predicted molar refractivity (Wildman–Crippen MR) is 52.7 cm³/mol. The van der Waals surface area contributed by atoms with Crippen LogP contribution >= 0.6 is 0 Å². The summed E-state index contributed by atoms with van der Waals surface area (Å²) in [5.74, 6) is 1.90. The Hall–Kier alpha value is -1.19. The van der Waals surface area contributed by atoms with Crippen LogP contribution in [0.4, 0.5) is 5.82 Å². The van der Waals surface area contributed by atoms with Crippen molar-refractivity contribution in [3.8, 4) is 0 Å². The molecular formula is C9H16N4. The summed E-state index contributed by atoms with van der Waals surface area (Å²) in [6, 6.07) is 0.372. The lowest BCUT2D eigenvalue weighted by Crippen LogP contribution is -2.13. The van der Waals surface area contributed by atoms with Crippen LogP contribution in [0.1, 0.15) is 39.4 Å². The molecule has 0 fully saturated rings. The molecule has 0 aliphatic heterocycles. The van der Waals surface area contributed by atoms with E-state index in [1.165, 1.54) is 0 Å². The lowest BCUT2D eigenvalue weighted by atomic mass is 10.2. The molecule has 13 heavy (non-hydrogen) atoms. The van der Waals surface area contributed by atoms with Crippen molar-refractivity contribution in [3.63, 3.8) is 0 Å². The SMILES string of the molecule is CC(C)Nc1cnnc(C(C)C)n1. The van der Waals surface area contributed by atoms with Crippen molar-refractivity contribution < 1.29 is 0 Å². The fourth-order valence-corrected chi connectivity index (χ4v) is 0.927. The van der Waals surface area contributed by atoms with Gasteiger partial charge in [-0.3, -0.25) is 0 Å². The van der Waals surface area contributed by atoms with Crippen molar-refractivity contribution in [1.82, 2.24) is 15.2 Å². The minimum Gasteiger partial charge on any atom is -0.367 e. The molecule has 1 heterocycles. The van der Waals surface area contributed by atoms with E-state index >= 15 is 0 Å². The quantitative estimate of drug-likeness (QED) is 0.770. The summed E-state index contributed by atoms with van der Waals surface area (Å²) >= 11 is 0. The molecule has 0 bridgehead atoms. The van der Waals surface area contributed by atoms with E-state index in [9.17, 15) is 0 Å². The van der Waals surface area contributed by atoms with Crippen LogP contribution in [0.15, 0.2) is 6.20 Å². The molecular weight excluding hydrogens is 164 g/mol. The first-order valence-electron chi connectivity index (χ1n) is 4.55. The molecule has 0 radical (unpaired) electrons. The number of aromatic nitrogens is 3. The smallest absolute Gasteiger partial charge is 0.155 e. The Morgan fingerprint density at radius 1 is 1.23 bits per heavy atom. The van der Waals surface area contributed by atoms with Crippen molar-refractivity contribution in [2.24, 2.45) is 0 Å². The third-order valence-electron chi connectivity index (χ3n) is 1.53. The van der Waals surface area contributed by atoms with E-state index in [2.05, 4.69) is 48.2 Å². The monoisotopic (exact) mass is 180 g/mol. The maximum Gasteiger partial charge on any atom is 0.155 e. The van der Waals surface area contributed by atoms with Crippen LogP contribution in [0.2, 0.25) is 0 Å². The highest BCUT2D eigenvalue weighted by molar-refractivity contribution is 5.31. The van der Waals surface area contributed by atoms with Gasteiger partial charge in [0.15, 0.2) is 5.82 Å². The van der Waals surface area contributed by atoms with Crippen molar-refractivity contribution in [1.29, 1.82) is 0 Å². The molecule has 1 rings (SSSR count). The molecule has 0 amide bonds. The maximum atomic E-state index is 4.33. The largest absolute Gasteiger partial charge is 0.367 e. The third kappa shape index (κ3) is 2.97. The zero-order valence-electron chi connectivity index (χ0n) is 8.57. The lowest BCUT2D eigenvalue weighted by Gasteiger charge is -2.09. The van der Waals surface area contributed by atoms with E-state index < -0.39 is 0 Å². The van der Waals surface area contributed by atoms with E-state index in [0.29, 0.717) is 12.0 Å². The van der Waals surface area contributed by atoms with Crippen molar-refractivity contribution in [2.75, 3.05) is 5.32 Å². The molecule has 1 aromatic rings. The summed E-state index contributed by atoms with van der Waals surface area (Å²) in [5.41, 5.74) is 0. The van der Waals surface area contributed by atoms with Gasteiger partial charge in [0, 0.05) is 12.0 Å². The molecule has 0 spiro atoms. The molecule has 0 aliphatic carbocycles. The standard InChI is InChI=1S/C9H16N4/c1-6(2)9-12-8(5-10-13-9)11-7(3)4/h5-7H,1-4H3,(H,11,12,13). The molecule has 4 heteroatoms. The maximum absolute atomic E-state index is 4.33. The number of hydrogen-bond acceptors (Lipinski definition) is 4.